The molecule has 0 aliphatic carbocycles. The van der Waals surface area contributed by atoms with E-state index in [0.29, 0.717) is 19.0 Å². The second-order valence-electron chi connectivity index (χ2n) is 4.20. The SMILES string of the molecule is O=C(O)c1cccc(OCCCOc2ccccc2)c1. The molecule has 0 heterocycles. The zero-order valence-electron chi connectivity index (χ0n) is 11.0. The van der Waals surface area contributed by atoms with Gasteiger partial charge in [0.2, 0.25) is 0 Å². The molecule has 104 valence electrons. The zero-order chi connectivity index (χ0) is 14.2. The summed E-state index contributed by atoms with van der Waals surface area (Å²) >= 11 is 0. The molecule has 4 heteroatoms. The number of carbonyl (C=O) groups is 1. The van der Waals surface area contributed by atoms with Gasteiger partial charge in [-0.25, -0.2) is 4.79 Å². The molecular formula is C16H16O4. The smallest absolute Gasteiger partial charge is 0.335 e. The van der Waals surface area contributed by atoms with E-state index in [1.165, 1.54) is 12.1 Å². The van der Waals surface area contributed by atoms with Crippen LogP contribution < -0.4 is 9.47 Å². The van der Waals surface area contributed by atoms with Crippen LogP contribution >= 0.6 is 0 Å². The number of aromatic carboxylic acids is 1. The Kier molecular flexibility index (Phi) is 5.00. The van der Waals surface area contributed by atoms with E-state index >= 15 is 0 Å². The molecule has 0 saturated carbocycles. The van der Waals surface area contributed by atoms with E-state index in [2.05, 4.69) is 0 Å². The molecular weight excluding hydrogens is 256 g/mol. The third-order valence-electron chi connectivity index (χ3n) is 2.65. The standard InChI is InChI=1S/C16H16O4/c17-16(18)13-6-4-9-15(12-13)20-11-5-10-19-14-7-2-1-3-8-14/h1-4,6-9,12H,5,10-11H2,(H,17,18). The van der Waals surface area contributed by atoms with Crippen LogP contribution in [0, 0.1) is 0 Å². The summed E-state index contributed by atoms with van der Waals surface area (Å²) in [5, 5.41) is 8.87. The molecule has 0 aliphatic heterocycles. The Balaban J connectivity index is 1.71. The predicted molar refractivity (Wildman–Crippen MR) is 75.5 cm³/mol. The van der Waals surface area contributed by atoms with E-state index in [4.69, 9.17) is 14.6 Å². The fourth-order valence-electron chi connectivity index (χ4n) is 1.67. The summed E-state index contributed by atoms with van der Waals surface area (Å²) in [6, 6.07) is 16.0. The number of para-hydroxylation sites is 1. The van der Waals surface area contributed by atoms with Crippen molar-refractivity contribution < 1.29 is 19.4 Å². The summed E-state index contributed by atoms with van der Waals surface area (Å²) in [7, 11) is 0. The van der Waals surface area contributed by atoms with Crippen molar-refractivity contribution in [3.8, 4) is 11.5 Å². The van der Waals surface area contributed by atoms with Gasteiger partial charge >= 0.3 is 5.97 Å². The van der Waals surface area contributed by atoms with Crippen LogP contribution in [0.5, 0.6) is 11.5 Å². The van der Waals surface area contributed by atoms with Gasteiger partial charge in [0.25, 0.3) is 0 Å². The van der Waals surface area contributed by atoms with E-state index in [1.54, 1.807) is 12.1 Å². The molecule has 0 fully saturated rings. The van der Waals surface area contributed by atoms with Crippen LogP contribution in [0.4, 0.5) is 0 Å². The van der Waals surface area contributed by atoms with Gasteiger partial charge in [-0.1, -0.05) is 24.3 Å². The summed E-state index contributed by atoms with van der Waals surface area (Å²) in [5.41, 5.74) is 0.225. The molecule has 2 rings (SSSR count). The van der Waals surface area contributed by atoms with Gasteiger partial charge in [0.1, 0.15) is 11.5 Å². The minimum Gasteiger partial charge on any atom is -0.493 e. The number of hydrogen-bond acceptors (Lipinski definition) is 3. The molecule has 0 spiro atoms. The van der Waals surface area contributed by atoms with Crippen LogP contribution in [0.2, 0.25) is 0 Å². The molecule has 20 heavy (non-hydrogen) atoms. The van der Waals surface area contributed by atoms with Crippen molar-refractivity contribution in [3.05, 3.63) is 60.2 Å². The van der Waals surface area contributed by atoms with Crippen LogP contribution in [-0.4, -0.2) is 24.3 Å². The first kappa shape index (κ1) is 13.9. The monoisotopic (exact) mass is 272 g/mol. The molecule has 0 aliphatic rings. The van der Waals surface area contributed by atoms with Gasteiger partial charge in [0.15, 0.2) is 0 Å². The maximum atomic E-state index is 10.8. The van der Waals surface area contributed by atoms with Crippen molar-refractivity contribution >= 4 is 5.97 Å². The molecule has 0 saturated heterocycles. The van der Waals surface area contributed by atoms with Crippen LogP contribution in [-0.2, 0) is 0 Å². The Morgan fingerprint density at radius 2 is 1.55 bits per heavy atom. The van der Waals surface area contributed by atoms with Gasteiger partial charge in [-0.3, -0.25) is 0 Å². The molecule has 2 aromatic carbocycles. The van der Waals surface area contributed by atoms with Crippen molar-refractivity contribution in [1.29, 1.82) is 0 Å². The number of ether oxygens (including phenoxy) is 2. The Hall–Kier alpha value is -2.49. The Labute approximate surface area is 117 Å². The minimum absolute atomic E-state index is 0.225. The van der Waals surface area contributed by atoms with Crippen molar-refractivity contribution in [3.63, 3.8) is 0 Å². The predicted octanol–water partition coefficient (Wildman–Crippen LogP) is 3.23. The number of carboxylic acid groups (broad SMARTS) is 1. The Morgan fingerprint density at radius 3 is 2.25 bits per heavy atom. The number of hydrogen-bond donors (Lipinski definition) is 1. The molecule has 0 aromatic heterocycles. The van der Waals surface area contributed by atoms with E-state index < -0.39 is 5.97 Å². The lowest BCUT2D eigenvalue weighted by atomic mass is 10.2. The van der Waals surface area contributed by atoms with Crippen LogP contribution in [0.1, 0.15) is 16.8 Å². The van der Waals surface area contributed by atoms with E-state index in [9.17, 15) is 4.79 Å². The fraction of sp³-hybridized carbons (Fsp3) is 0.188. The first-order valence-corrected chi connectivity index (χ1v) is 6.40. The highest BCUT2D eigenvalue weighted by atomic mass is 16.5. The Morgan fingerprint density at radius 1 is 0.900 bits per heavy atom. The topological polar surface area (TPSA) is 55.8 Å². The lowest BCUT2D eigenvalue weighted by Crippen LogP contribution is -2.05. The van der Waals surface area contributed by atoms with Crippen molar-refractivity contribution in [2.24, 2.45) is 0 Å². The van der Waals surface area contributed by atoms with Crippen molar-refractivity contribution in [2.75, 3.05) is 13.2 Å². The molecule has 0 bridgehead atoms. The van der Waals surface area contributed by atoms with Crippen LogP contribution in [0.25, 0.3) is 0 Å². The molecule has 0 radical (unpaired) electrons. The minimum atomic E-state index is -0.956. The highest BCUT2D eigenvalue weighted by Crippen LogP contribution is 2.14. The van der Waals surface area contributed by atoms with Gasteiger partial charge in [0.05, 0.1) is 18.8 Å². The second kappa shape index (κ2) is 7.19. The lowest BCUT2D eigenvalue weighted by molar-refractivity contribution is 0.0696. The molecule has 4 nitrogen and oxygen atoms in total. The summed E-state index contributed by atoms with van der Waals surface area (Å²) in [5.74, 6) is 0.438. The highest BCUT2D eigenvalue weighted by molar-refractivity contribution is 5.87. The summed E-state index contributed by atoms with van der Waals surface area (Å²) < 4.78 is 11.0. The molecule has 1 N–H and O–H groups in total. The maximum Gasteiger partial charge on any atom is 0.335 e. The third kappa shape index (κ3) is 4.31. The van der Waals surface area contributed by atoms with Crippen LogP contribution in [0.3, 0.4) is 0 Å². The number of carboxylic acids is 1. The van der Waals surface area contributed by atoms with E-state index in [-0.39, 0.29) is 5.56 Å². The third-order valence-corrected chi connectivity index (χ3v) is 2.65. The van der Waals surface area contributed by atoms with Gasteiger partial charge in [-0.05, 0) is 30.3 Å². The van der Waals surface area contributed by atoms with Crippen molar-refractivity contribution in [1.82, 2.24) is 0 Å². The van der Waals surface area contributed by atoms with E-state index in [1.807, 2.05) is 30.3 Å². The van der Waals surface area contributed by atoms with Gasteiger partial charge in [-0.2, -0.15) is 0 Å². The molecule has 0 atom stereocenters. The molecule has 0 unspecified atom stereocenters. The lowest BCUT2D eigenvalue weighted by Gasteiger charge is -2.08. The normalized spacial score (nSPS) is 10.0. The second-order valence-corrected chi connectivity index (χ2v) is 4.20. The van der Waals surface area contributed by atoms with Gasteiger partial charge < -0.3 is 14.6 Å². The zero-order valence-corrected chi connectivity index (χ0v) is 11.0. The number of benzene rings is 2. The molecule has 0 amide bonds. The van der Waals surface area contributed by atoms with Gasteiger partial charge in [0, 0.05) is 6.42 Å². The first-order valence-electron chi connectivity index (χ1n) is 6.40. The van der Waals surface area contributed by atoms with E-state index in [0.717, 1.165) is 12.2 Å². The highest BCUT2D eigenvalue weighted by Gasteiger charge is 2.03. The number of rotatable bonds is 7. The average molecular weight is 272 g/mol. The Bertz CT molecular complexity index is 551. The summed E-state index contributed by atoms with van der Waals surface area (Å²) in [4.78, 5) is 10.8. The van der Waals surface area contributed by atoms with Crippen LogP contribution in [0.15, 0.2) is 54.6 Å². The summed E-state index contributed by atoms with van der Waals surface area (Å²) in [6.07, 6.45) is 0.728. The maximum absolute atomic E-state index is 10.8. The quantitative estimate of drug-likeness (QED) is 0.786. The largest absolute Gasteiger partial charge is 0.493 e. The first-order chi connectivity index (χ1) is 9.75. The molecule has 2 aromatic rings. The van der Waals surface area contributed by atoms with Crippen molar-refractivity contribution in [2.45, 2.75) is 6.42 Å². The fourth-order valence-corrected chi connectivity index (χ4v) is 1.67. The average Bonchev–Trinajstić information content (AvgIpc) is 2.48. The van der Waals surface area contributed by atoms with Gasteiger partial charge in [-0.15, -0.1) is 0 Å². The summed E-state index contributed by atoms with van der Waals surface area (Å²) in [6.45, 7) is 1.04.